The van der Waals surface area contributed by atoms with Crippen LogP contribution in [-0.4, -0.2) is 20.3 Å². The molecule has 0 saturated carbocycles. The smallest absolute Gasteiger partial charge is 0.164 e. The fourth-order valence-electron chi connectivity index (χ4n) is 1.70. The average Bonchev–Trinajstić information content (AvgIpc) is 2.23. The van der Waals surface area contributed by atoms with Gasteiger partial charge in [-0.25, -0.2) is 0 Å². The molecule has 0 heterocycles. The molecule has 16 heavy (non-hydrogen) atoms. The molecule has 0 aliphatic rings. The van der Waals surface area contributed by atoms with Gasteiger partial charge in [0.05, 0.1) is 14.2 Å². The van der Waals surface area contributed by atoms with Crippen LogP contribution in [0, 0.1) is 6.92 Å². The summed E-state index contributed by atoms with van der Waals surface area (Å²) in [6.45, 7) is 4.02. The van der Waals surface area contributed by atoms with Crippen LogP contribution in [-0.2, 0) is 6.42 Å². The number of methoxy groups -OCH3 is 2. The molecule has 90 valence electrons. The first-order valence-electron chi connectivity index (χ1n) is 5.16. The molecule has 0 aliphatic heterocycles. The number of rotatable bonds is 4. The third kappa shape index (κ3) is 2.68. The van der Waals surface area contributed by atoms with E-state index < -0.39 is 0 Å². The van der Waals surface area contributed by atoms with Crippen LogP contribution in [0.2, 0.25) is 0 Å². The van der Waals surface area contributed by atoms with Gasteiger partial charge in [-0.3, -0.25) is 0 Å². The van der Waals surface area contributed by atoms with Crippen LogP contribution in [0.15, 0.2) is 10.5 Å². The molecule has 0 fully saturated rings. The van der Waals surface area contributed by atoms with Crippen molar-refractivity contribution < 1.29 is 9.47 Å². The van der Waals surface area contributed by atoms with E-state index in [-0.39, 0.29) is 6.04 Å². The first kappa shape index (κ1) is 13.3. The number of benzene rings is 1. The van der Waals surface area contributed by atoms with Crippen LogP contribution in [0.3, 0.4) is 0 Å². The molecule has 3 nitrogen and oxygen atoms in total. The van der Waals surface area contributed by atoms with Crippen molar-refractivity contribution in [1.82, 2.24) is 0 Å². The molecule has 0 aliphatic carbocycles. The normalized spacial score (nSPS) is 12.4. The molecule has 1 aromatic carbocycles. The van der Waals surface area contributed by atoms with Crippen LogP contribution in [0.25, 0.3) is 0 Å². The minimum absolute atomic E-state index is 0.0895. The SMILES string of the molecule is COc1cc(Br)c(C)c(CC(C)N)c1OC. The fourth-order valence-corrected chi connectivity index (χ4v) is 2.14. The van der Waals surface area contributed by atoms with Crippen molar-refractivity contribution in [2.24, 2.45) is 5.73 Å². The second-order valence-corrected chi connectivity index (χ2v) is 4.73. The Labute approximate surface area is 105 Å². The van der Waals surface area contributed by atoms with Crippen LogP contribution < -0.4 is 15.2 Å². The predicted molar refractivity (Wildman–Crippen MR) is 69.3 cm³/mol. The van der Waals surface area contributed by atoms with E-state index >= 15 is 0 Å². The lowest BCUT2D eigenvalue weighted by atomic mass is 10.0. The fraction of sp³-hybridized carbons (Fsp3) is 0.500. The largest absolute Gasteiger partial charge is 0.493 e. The summed E-state index contributed by atoms with van der Waals surface area (Å²) in [6, 6.07) is 2.00. The third-order valence-electron chi connectivity index (χ3n) is 2.52. The van der Waals surface area contributed by atoms with Crippen molar-refractivity contribution in [1.29, 1.82) is 0 Å². The molecule has 0 saturated heterocycles. The van der Waals surface area contributed by atoms with Crippen molar-refractivity contribution in [3.8, 4) is 11.5 Å². The number of halogens is 1. The van der Waals surface area contributed by atoms with Gasteiger partial charge in [-0.05, 0) is 31.9 Å². The molecule has 4 heteroatoms. The lowest BCUT2D eigenvalue weighted by Crippen LogP contribution is -2.19. The molecule has 1 unspecified atom stereocenters. The van der Waals surface area contributed by atoms with E-state index in [1.165, 1.54) is 0 Å². The van der Waals surface area contributed by atoms with Crippen LogP contribution in [0.5, 0.6) is 11.5 Å². The Morgan fingerprint density at radius 3 is 2.44 bits per heavy atom. The highest BCUT2D eigenvalue weighted by molar-refractivity contribution is 9.10. The lowest BCUT2D eigenvalue weighted by molar-refractivity contribution is 0.350. The van der Waals surface area contributed by atoms with Gasteiger partial charge in [0.1, 0.15) is 0 Å². The molecule has 0 spiro atoms. The number of hydrogen-bond donors (Lipinski definition) is 1. The van der Waals surface area contributed by atoms with Crippen LogP contribution in [0.1, 0.15) is 18.1 Å². The Balaban J connectivity index is 3.34. The number of nitrogens with two attached hydrogens (primary N) is 1. The summed E-state index contributed by atoms with van der Waals surface area (Å²) in [7, 11) is 3.28. The lowest BCUT2D eigenvalue weighted by Gasteiger charge is -2.18. The molecule has 1 rings (SSSR count). The molecule has 0 amide bonds. The van der Waals surface area contributed by atoms with Gasteiger partial charge in [0.15, 0.2) is 11.5 Å². The van der Waals surface area contributed by atoms with Crippen molar-refractivity contribution in [3.05, 3.63) is 21.7 Å². The highest BCUT2D eigenvalue weighted by atomic mass is 79.9. The number of hydrogen-bond acceptors (Lipinski definition) is 3. The predicted octanol–water partition coefficient (Wildman–Crippen LogP) is 2.66. The summed E-state index contributed by atoms with van der Waals surface area (Å²) < 4.78 is 11.7. The standard InChI is InChI=1S/C12H18BrNO2/c1-7(14)5-9-8(2)10(13)6-11(15-3)12(9)16-4/h6-7H,5,14H2,1-4H3. The Bertz CT molecular complexity index is 378. The monoisotopic (exact) mass is 287 g/mol. The quantitative estimate of drug-likeness (QED) is 0.926. The maximum atomic E-state index is 5.85. The second-order valence-electron chi connectivity index (χ2n) is 3.88. The zero-order chi connectivity index (χ0) is 12.3. The summed E-state index contributed by atoms with van der Waals surface area (Å²) >= 11 is 3.51. The minimum atomic E-state index is 0.0895. The summed E-state index contributed by atoms with van der Waals surface area (Å²) in [5.74, 6) is 1.51. The second kappa shape index (κ2) is 5.55. The van der Waals surface area contributed by atoms with Gasteiger partial charge < -0.3 is 15.2 Å². The van der Waals surface area contributed by atoms with Gasteiger partial charge in [0.2, 0.25) is 0 Å². The molecular formula is C12H18BrNO2. The first-order chi connectivity index (χ1) is 7.51. The zero-order valence-electron chi connectivity index (χ0n) is 10.1. The highest BCUT2D eigenvalue weighted by Crippen LogP contribution is 2.38. The molecule has 2 N–H and O–H groups in total. The van der Waals surface area contributed by atoms with E-state index in [0.29, 0.717) is 0 Å². The van der Waals surface area contributed by atoms with E-state index in [1.54, 1.807) is 14.2 Å². The van der Waals surface area contributed by atoms with Gasteiger partial charge >= 0.3 is 0 Å². The van der Waals surface area contributed by atoms with Crippen molar-refractivity contribution in [2.75, 3.05) is 14.2 Å². The first-order valence-corrected chi connectivity index (χ1v) is 5.96. The molecule has 0 bridgehead atoms. The maximum absolute atomic E-state index is 5.85. The Morgan fingerprint density at radius 1 is 1.38 bits per heavy atom. The van der Waals surface area contributed by atoms with E-state index in [1.807, 2.05) is 19.9 Å². The zero-order valence-corrected chi connectivity index (χ0v) is 11.7. The Morgan fingerprint density at radius 2 is 2.00 bits per heavy atom. The van der Waals surface area contributed by atoms with Gasteiger partial charge in [0, 0.05) is 16.1 Å². The van der Waals surface area contributed by atoms with E-state index in [4.69, 9.17) is 15.2 Å². The van der Waals surface area contributed by atoms with Gasteiger partial charge in [-0.1, -0.05) is 15.9 Å². The van der Waals surface area contributed by atoms with Gasteiger partial charge in [-0.2, -0.15) is 0 Å². The van der Waals surface area contributed by atoms with Crippen molar-refractivity contribution >= 4 is 15.9 Å². The van der Waals surface area contributed by atoms with E-state index in [0.717, 1.165) is 33.5 Å². The van der Waals surface area contributed by atoms with Crippen molar-refractivity contribution in [3.63, 3.8) is 0 Å². The molecule has 1 atom stereocenters. The van der Waals surface area contributed by atoms with Crippen molar-refractivity contribution in [2.45, 2.75) is 26.3 Å². The minimum Gasteiger partial charge on any atom is -0.493 e. The highest BCUT2D eigenvalue weighted by Gasteiger charge is 2.16. The molecular weight excluding hydrogens is 270 g/mol. The van der Waals surface area contributed by atoms with E-state index in [9.17, 15) is 0 Å². The van der Waals surface area contributed by atoms with Gasteiger partial charge in [0.25, 0.3) is 0 Å². The third-order valence-corrected chi connectivity index (χ3v) is 3.34. The summed E-state index contributed by atoms with van der Waals surface area (Å²) in [4.78, 5) is 0. The summed E-state index contributed by atoms with van der Waals surface area (Å²) in [5.41, 5.74) is 8.10. The summed E-state index contributed by atoms with van der Waals surface area (Å²) in [6.07, 6.45) is 0.769. The Kier molecular flexibility index (Phi) is 4.62. The summed E-state index contributed by atoms with van der Waals surface area (Å²) in [5, 5.41) is 0. The van der Waals surface area contributed by atoms with E-state index in [2.05, 4.69) is 15.9 Å². The molecule has 0 aromatic heterocycles. The maximum Gasteiger partial charge on any atom is 0.164 e. The van der Waals surface area contributed by atoms with Crippen LogP contribution >= 0.6 is 15.9 Å². The average molecular weight is 288 g/mol. The topological polar surface area (TPSA) is 44.5 Å². The molecule has 0 radical (unpaired) electrons. The van der Waals surface area contributed by atoms with Gasteiger partial charge in [-0.15, -0.1) is 0 Å². The number of ether oxygens (including phenoxy) is 2. The Hall–Kier alpha value is -0.740. The molecule has 1 aromatic rings. The van der Waals surface area contributed by atoms with Crippen LogP contribution in [0.4, 0.5) is 0 Å².